The van der Waals surface area contributed by atoms with Gasteiger partial charge in [-0.05, 0) is 67.3 Å². The Kier molecular flexibility index (Phi) is 5.94. The molecule has 1 saturated carbocycles. The van der Waals surface area contributed by atoms with E-state index < -0.39 is 11.9 Å². The van der Waals surface area contributed by atoms with Crippen LogP contribution in [-0.4, -0.2) is 52.8 Å². The van der Waals surface area contributed by atoms with E-state index in [2.05, 4.69) is 18.8 Å². The highest BCUT2D eigenvalue weighted by molar-refractivity contribution is 6.07. The summed E-state index contributed by atoms with van der Waals surface area (Å²) in [6, 6.07) is 6.97. The molecule has 0 bridgehead atoms. The van der Waals surface area contributed by atoms with Gasteiger partial charge in [0.2, 0.25) is 0 Å². The van der Waals surface area contributed by atoms with E-state index >= 15 is 0 Å². The second-order valence-electron chi connectivity index (χ2n) is 12.1. The fourth-order valence-electron chi connectivity index (χ4n) is 6.90. The van der Waals surface area contributed by atoms with Crippen molar-refractivity contribution >= 4 is 17.7 Å². The van der Waals surface area contributed by atoms with Crippen molar-refractivity contribution in [2.45, 2.75) is 65.3 Å². The summed E-state index contributed by atoms with van der Waals surface area (Å²) in [5.74, 6) is 0.0935. The van der Waals surface area contributed by atoms with Crippen LogP contribution in [0, 0.1) is 25.2 Å². The van der Waals surface area contributed by atoms with Crippen molar-refractivity contribution in [2.24, 2.45) is 11.3 Å². The summed E-state index contributed by atoms with van der Waals surface area (Å²) in [5, 5.41) is 9.69. The third kappa shape index (κ3) is 3.79. The first-order valence-electron chi connectivity index (χ1n) is 13.8. The molecule has 0 saturated heterocycles. The Morgan fingerprint density at radius 2 is 1.85 bits per heavy atom. The smallest absolute Gasteiger partial charge is 0.354 e. The van der Waals surface area contributed by atoms with Crippen molar-refractivity contribution in [3.63, 3.8) is 0 Å². The zero-order chi connectivity index (χ0) is 28.7. The van der Waals surface area contributed by atoms with Crippen molar-refractivity contribution in [1.29, 1.82) is 0 Å². The molecule has 1 spiro atoms. The molecule has 1 fully saturated rings. The Hall–Kier alpha value is -3.94. The second-order valence-corrected chi connectivity index (χ2v) is 12.1. The summed E-state index contributed by atoms with van der Waals surface area (Å²) in [7, 11) is 3.37. The maximum Gasteiger partial charge on any atom is 0.354 e. The molecule has 6 rings (SSSR count). The lowest BCUT2D eigenvalue weighted by atomic mass is 9.71. The average Bonchev–Trinajstić information content (AvgIpc) is 3.58. The maximum absolute atomic E-state index is 13.9. The van der Waals surface area contributed by atoms with Crippen LogP contribution in [-0.2, 0) is 14.3 Å². The molecule has 0 radical (unpaired) electrons. The molecule has 8 heteroatoms. The van der Waals surface area contributed by atoms with Crippen molar-refractivity contribution < 1.29 is 29.0 Å². The van der Waals surface area contributed by atoms with Gasteiger partial charge < -0.3 is 19.5 Å². The summed E-state index contributed by atoms with van der Waals surface area (Å²) in [5.41, 5.74) is 4.27. The number of allylic oxidation sites excluding steroid dienone is 2. The number of aromatic carboxylic acids is 1. The van der Waals surface area contributed by atoms with Gasteiger partial charge in [0.05, 0.1) is 30.3 Å². The molecule has 2 aliphatic heterocycles. The van der Waals surface area contributed by atoms with E-state index in [9.17, 15) is 19.5 Å². The van der Waals surface area contributed by atoms with Crippen LogP contribution in [0.4, 0.5) is 0 Å². The number of benzene rings is 1. The summed E-state index contributed by atoms with van der Waals surface area (Å²) < 4.78 is 12.4. The summed E-state index contributed by atoms with van der Waals surface area (Å²) in [6.45, 7) is 7.77. The number of likely N-dealkylation sites (N-methyl/N-ethyl adjacent to an activating group) is 1. The zero-order valence-corrected chi connectivity index (χ0v) is 23.8. The fourth-order valence-corrected chi connectivity index (χ4v) is 6.90. The van der Waals surface area contributed by atoms with Gasteiger partial charge >= 0.3 is 5.97 Å². The number of ketones is 1. The number of carboxylic acid groups (broad SMARTS) is 1. The van der Waals surface area contributed by atoms with E-state index in [-0.39, 0.29) is 34.8 Å². The van der Waals surface area contributed by atoms with Crippen LogP contribution in [0.5, 0.6) is 5.75 Å². The number of carbonyl (C=O) groups excluding carboxylic acids is 2. The Bertz CT molecular complexity index is 1560. The molecule has 2 aromatic rings. The Labute approximate surface area is 233 Å². The number of pyridine rings is 1. The number of carboxylic acids is 1. The van der Waals surface area contributed by atoms with Gasteiger partial charge in [-0.25, -0.2) is 9.78 Å². The van der Waals surface area contributed by atoms with E-state index in [0.717, 1.165) is 24.0 Å². The Balaban J connectivity index is 1.61. The molecule has 40 heavy (non-hydrogen) atoms. The van der Waals surface area contributed by atoms with Gasteiger partial charge in [-0.2, -0.15) is 0 Å². The standard InChI is InChI=1S/C32H34N2O6/c1-15(2)28-29-26(30(36)34(28)5)25(24-20(35)13-32(11-12-32)14-22(24)40-29)23-17(4)18(8-10-21(23)39-6)19-9-7-16(3)27(33-19)31(37)38/h7-10,15,25,28H,11-14H2,1-6H3,(H,37,38)/t25-,28+/m0/s1. The highest BCUT2D eigenvalue weighted by Crippen LogP contribution is 2.61. The van der Waals surface area contributed by atoms with Gasteiger partial charge in [0.25, 0.3) is 5.91 Å². The molecule has 1 aromatic carbocycles. The number of hydrogen-bond acceptors (Lipinski definition) is 6. The lowest BCUT2D eigenvalue weighted by molar-refractivity contribution is -0.126. The Morgan fingerprint density at radius 1 is 1.12 bits per heavy atom. The Morgan fingerprint density at radius 3 is 2.48 bits per heavy atom. The van der Waals surface area contributed by atoms with Crippen LogP contribution >= 0.6 is 0 Å². The second kappa shape index (κ2) is 9.04. The number of methoxy groups -OCH3 is 1. The number of hydrogen-bond donors (Lipinski definition) is 1. The average molecular weight is 543 g/mol. The molecule has 8 nitrogen and oxygen atoms in total. The highest BCUT2D eigenvalue weighted by Gasteiger charge is 2.56. The van der Waals surface area contributed by atoms with Gasteiger partial charge in [0, 0.05) is 36.6 Å². The number of aryl methyl sites for hydroxylation is 1. The van der Waals surface area contributed by atoms with Gasteiger partial charge in [0.15, 0.2) is 11.5 Å². The molecule has 0 unspecified atom stereocenters. The zero-order valence-electron chi connectivity index (χ0n) is 23.8. The van der Waals surface area contributed by atoms with Gasteiger partial charge in [-0.15, -0.1) is 0 Å². The third-order valence-corrected chi connectivity index (χ3v) is 9.13. The highest BCUT2D eigenvalue weighted by atomic mass is 16.5. The van der Waals surface area contributed by atoms with E-state index in [4.69, 9.17) is 9.47 Å². The molecule has 4 aliphatic rings. The molecule has 2 atom stereocenters. The molecule has 1 N–H and O–H groups in total. The summed E-state index contributed by atoms with van der Waals surface area (Å²) in [6.07, 6.45) is 3.15. The van der Waals surface area contributed by atoms with Crippen LogP contribution < -0.4 is 4.74 Å². The number of amides is 1. The first-order valence-corrected chi connectivity index (χ1v) is 13.8. The minimum Gasteiger partial charge on any atom is -0.496 e. The molecule has 1 aromatic heterocycles. The van der Waals surface area contributed by atoms with Crippen LogP contribution in [0.2, 0.25) is 0 Å². The largest absolute Gasteiger partial charge is 0.496 e. The molecular weight excluding hydrogens is 508 g/mol. The van der Waals surface area contributed by atoms with Crippen molar-refractivity contribution in [1.82, 2.24) is 9.88 Å². The van der Waals surface area contributed by atoms with Crippen LogP contribution in [0.15, 0.2) is 46.9 Å². The summed E-state index contributed by atoms with van der Waals surface area (Å²) in [4.78, 5) is 45.8. The van der Waals surface area contributed by atoms with Gasteiger partial charge in [0.1, 0.15) is 17.3 Å². The monoisotopic (exact) mass is 542 g/mol. The van der Waals surface area contributed by atoms with E-state index in [0.29, 0.717) is 58.1 Å². The van der Waals surface area contributed by atoms with Gasteiger partial charge in [-0.3, -0.25) is 9.59 Å². The first-order chi connectivity index (χ1) is 19.0. The molecule has 1 amide bonds. The van der Waals surface area contributed by atoms with E-state index in [1.54, 1.807) is 38.1 Å². The maximum atomic E-state index is 13.9. The molecule has 208 valence electrons. The molecular formula is C32H34N2O6. The fraction of sp³-hybridized carbons (Fsp3) is 0.438. The predicted octanol–water partition coefficient (Wildman–Crippen LogP) is 5.33. The van der Waals surface area contributed by atoms with Crippen LogP contribution in [0.1, 0.15) is 72.6 Å². The van der Waals surface area contributed by atoms with Crippen molar-refractivity contribution in [2.75, 3.05) is 14.2 Å². The number of ether oxygens (including phenoxy) is 2. The summed E-state index contributed by atoms with van der Waals surface area (Å²) >= 11 is 0. The normalized spacial score (nSPS) is 23.0. The predicted molar refractivity (Wildman–Crippen MR) is 148 cm³/mol. The van der Waals surface area contributed by atoms with E-state index in [1.165, 1.54) is 0 Å². The van der Waals surface area contributed by atoms with Crippen LogP contribution in [0.3, 0.4) is 0 Å². The lowest BCUT2D eigenvalue weighted by Crippen LogP contribution is -2.36. The minimum absolute atomic E-state index is 0.0140. The van der Waals surface area contributed by atoms with Crippen molar-refractivity contribution in [3.8, 4) is 17.0 Å². The first kappa shape index (κ1) is 26.3. The number of carbonyl (C=O) groups is 3. The molecule has 3 heterocycles. The van der Waals surface area contributed by atoms with Gasteiger partial charge in [-0.1, -0.05) is 19.9 Å². The number of aromatic nitrogens is 1. The number of rotatable bonds is 5. The third-order valence-electron chi connectivity index (χ3n) is 9.13. The lowest BCUT2D eigenvalue weighted by Gasteiger charge is -2.36. The number of Topliss-reactive ketones (excluding diaryl/α,β-unsaturated/α-hetero) is 1. The van der Waals surface area contributed by atoms with Crippen molar-refractivity contribution in [3.05, 3.63) is 69.3 Å². The number of nitrogens with zero attached hydrogens (tertiary/aromatic N) is 2. The minimum atomic E-state index is -1.10. The SMILES string of the molecule is COc1ccc(-c2ccc(C)c(C(=O)O)n2)c(C)c1[C@H]1C2=C(CC3(CC3)CC2=O)OC2=C1C(=O)N(C)[C@@H]2C(C)C. The van der Waals surface area contributed by atoms with Crippen LogP contribution in [0.25, 0.3) is 11.3 Å². The topological polar surface area (TPSA) is 106 Å². The molecule has 2 aliphatic carbocycles. The quantitative estimate of drug-likeness (QED) is 0.544. The van der Waals surface area contributed by atoms with E-state index in [1.807, 2.05) is 19.1 Å².